The second kappa shape index (κ2) is 8.38. The van der Waals surface area contributed by atoms with Crippen molar-refractivity contribution in [3.8, 4) is 11.1 Å². The normalized spacial score (nSPS) is 12.2. The van der Waals surface area contributed by atoms with Gasteiger partial charge in [-0.1, -0.05) is 71.7 Å². The SMILES string of the molecule is O=C(O)CN(C(=O)OCC1c2ccccc2-c2ccccc21)c1cc(Cl)cc(Cl)c1. The fraction of sp³-hybridized carbons (Fsp3) is 0.130. The molecule has 0 fully saturated rings. The van der Waals surface area contributed by atoms with Crippen molar-refractivity contribution in [3.05, 3.63) is 87.9 Å². The van der Waals surface area contributed by atoms with E-state index in [4.69, 9.17) is 27.9 Å². The second-order valence-electron chi connectivity index (χ2n) is 6.91. The lowest BCUT2D eigenvalue weighted by molar-refractivity contribution is -0.135. The molecule has 0 atom stereocenters. The summed E-state index contributed by atoms with van der Waals surface area (Å²) < 4.78 is 5.57. The number of hydrogen-bond acceptors (Lipinski definition) is 3. The average Bonchev–Trinajstić information content (AvgIpc) is 3.03. The molecule has 0 aromatic heterocycles. The quantitative estimate of drug-likeness (QED) is 0.540. The van der Waals surface area contributed by atoms with Crippen LogP contribution in [0.1, 0.15) is 17.0 Å². The Morgan fingerprint density at radius 3 is 1.97 bits per heavy atom. The second-order valence-corrected chi connectivity index (χ2v) is 7.78. The van der Waals surface area contributed by atoms with Crippen molar-refractivity contribution in [2.45, 2.75) is 5.92 Å². The Hall–Kier alpha value is -3.02. The zero-order valence-electron chi connectivity index (χ0n) is 15.7. The van der Waals surface area contributed by atoms with E-state index in [2.05, 4.69) is 0 Å². The fourth-order valence-corrected chi connectivity index (χ4v) is 4.28. The predicted octanol–water partition coefficient (Wildman–Crippen LogP) is 5.83. The van der Waals surface area contributed by atoms with Crippen LogP contribution in [0.3, 0.4) is 0 Å². The molecule has 0 spiro atoms. The molecule has 1 aliphatic carbocycles. The average molecular weight is 442 g/mol. The van der Waals surface area contributed by atoms with Gasteiger partial charge in [0.15, 0.2) is 0 Å². The van der Waals surface area contributed by atoms with E-state index in [0.717, 1.165) is 27.2 Å². The third-order valence-corrected chi connectivity index (χ3v) is 5.45. The summed E-state index contributed by atoms with van der Waals surface area (Å²) in [5.41, 5.74) is 4.62. The van der Waals surface area contributed by atoms with Crippen LogP contribution in [0, 0.1) is 0 Å². The highest BCUT2D eigenvalue weighted by Crippen LogP contribution is 2.44. The Morgan fingerprint density at radius 2 is 1.43 bits per heavy atom. The van der Waals surface area contributed by atoms with Gasteiger partial charge in [-0.3, -0.25) is 9.69 Å². The van der Waals surface area contributed by atoms with Crippen LogP contribution < -0.4 is 4.90 Å². The molecule has 3 aromatic carbocycles. The van der Waals surface area contributed by atoms with Gasteiger partial charge in [0.2, 0.25) is 0 Å². The largest absolute Gasteiger partial charge is 0.480 e. The predicted molar refractivity (Wildman–Crippen MR) is 117 cm³/mol. The van der Waals surface area contributed by atoms with Crippen molar-refractivity contribution in [1.29, 1.82) is 0 Å². The van der Waals surface area contributed by atoms with E-state index in [1.165, 1.54) is 18.2 Å². The number of hydrogen-bond donors (Lipinski definition) is 1. The van der Waals surface area contributed by atoms with E-state index in [0.29, 0.717) is 10.0 Å². The molecule has 3 aromatic rings. The van der Waals surface area contributed by atoms with Gasteiger partial charge in [-0.25, -0.2) is 4.79 Å². The summed E-state index contributed by atoms with van der Waals surface area (Å²) >= 11 is 12.0. The van der Waals surface area contributed by atoms with Crippen molar-refractivity contribution in [2.75, 3.05) is 18.1 Å². The lowest BCUT2D eigenvalue weighted by atomic mass is 9.98. The smallest absolute Gasteiger partial charge is 0.414 e. The summed E-state index contributed by atoms with van der Waals surface area (Å²) in [7, 11) is 0. The molecular formula is C23H17Cl2NO4. The molecule has 1 N–H and O–H groups in total. The van der Waals surface area contributed by atoms with E-state index < -0.39 is 18.6 Å². The van der Waals surface area contributed by atoms with Crippen molar-refractivity contribution in [1.82, 2.24) is 0 Å². The number of aliphatic carboxylic acids is 1. The molecule has 4 rings (SSSR count). The zero-order valence-corrected chi connectivity index (χ0v) is 17.2. The van der Waals surface area contributed by atoms with Gasteiger partial charge in [0, 0.05) is 16.0 Å². The van der Waals surface area contributed by atoms with Crippen LogP contribution >= 0.6 is 23.2 Å². The number of benzene rings is 3. The Labute approximate surface area is 183 Å². The Balaban J connectivity index is 1.59. The minimum absolute atomic E-state index is 0.0806. The van der Waals surface area contributed by atoms with Crippen molar-refractivity contribution in [3.63, 3.8) is 0 Å². The summed E-state index contributed by atoms with van der Waals surface area (Å²) in [6.07, 6.45) is -0.780. The van der Waals surface area contributed by atoms with Crippen LogP contribution in [0.2, 0.25) is 10.0 Å². The molecule has 0 saturated heterocycles. The fourth-order valence-electron chi connectivity index (χ4n) is 3.76. The van der Waals surface area contributed by atoms with Gasteiger partial charge in [0.05, 0.1) is 5.69 Å². The maximum absolute atomic E-state index is 12.8. The van der Waals surface area contributed by atoms with Crippen LogP contribution in [-0.4, -0.2) is 30.3 Å². The summed E-state index contributed by atoms with van der Waals surface area (Å²) in [6.45, 7) is -0.495. The van der Waals surface area contributed by atoms with Crippen LogP contribution in [-0.2, 0) is 9.53 Å². The first-order valence-electron chi connectivity index (χ1n) is 9.24. The third-order valence-electron chi connectivity index (χ3n) is 5.01. The molecule has 30 heavy (non-hydrogen) atoms. The van der Waals surface area contributed by atoms with Gasteiger partial charge in [0.1, 0.15) is 13.2 Å². The number of amides is 1. The molecule has 0 unspecified atom stereocenters. The molecule has 5 nitrogen and oxygen atoms in total. The molecular weight excluding hydrogens is 425 g/mol. The summed E-state index contributed by atoms with van der Waals surface area (Å²) in [5, 5.41) is 9.84. The van der Waals surface area contributed by atoms with E-state index >= 15 is 0 Å². The molecule has 7 heteroatoms. The number of rotatable bonds is 5. The standard InChI is InChI=1S/C23H17Cl2NO4/c24-14-9-15(25)11-16(10-14)26(12-22(27)28)23(29)30-13-21-19-7-3-1-5-17(19)18-6-2-4-8-20(18)21/h1-11,21H,12-13H2,(H,27,28). The number of anilines is 1. The summed E-state index contributed by atoms with van der Waals surface area (Å²) in [6, 6.07) is 20.4. The number of nitrogens with zero attached hydrogens (tertiary/aromatic N) is 1. The molecule has 0 bridgehead atoms. The van der Waals surface area contributed by atoms with E-state index in [1.807, 2.05) is 48.5 Å². The van der Waals surface area contributed by atoms with E-state index in [9.17, 15) is 14.7 Å². The number of ether oxygens (including phenoxy) is 1. The highest BCUT2D eigenvalue weighted by molar-refractivity contribution is 6.35. The van der Waals surface area contributed by atoms with Crippen molar-refractivity contribution in [2.24, 2.45) is 0 Å². The zero-order chi connectivity index (χ0) is 21.3. The molecule has 0 aliphatic heterocycles. The summed E-state index contributed by atoms with van der Waals surface area (Å²) in [5.74, 6) is -1.31. The molecule has 0 heterocycles. The highest BCUT2D eigenvalue weighted by atomic mass is 35.5. The number of carboxylic acid groups (broad SMARTS) is 1. The van der Waals surface area contributed by atoms with Gasteiger partial charge >= 0.3 is 12.1 Å². The first kappa shape index (κ1) is 20.3. The summed E-state index contributed by atoms with van der Waals surface area (Å²) in [4.78, 5) is 25.2. The maximum Gasteiger partial charge on any atom is 0.414 e. The molecule has 0 radical (unpaired) electrons. The minimum Gasteiger partial charge on any atom is -0.480 e. The number of carbonyl (C=O) groups is 2. The van der Waals surface area contributed by atoms with E-state index in [-0.39, 0.29) is 18.2 Å². The Kier molecular flexibility index (Phi) is 5.66. The third kappa shape index (κ3) is 3.99. The van der Waals surface area contributed by atoms with Gasteiger partial charge in [0.25, 0.3) is 0 Å². The number of carbonyl (C=O) groups excluding carboxylic acids is 1. The van der Waals surface area contributed by atoms with E-state index in [1.54, 1.807) is 0 Å². The minimum atomic E-state index is -1.18. The lowest BCUT2D eigenvalue weighted by Gasteiger charge is -2.22. The molecule has 0 saturated carbocycles. The van der Waals surface area contributed by atoms with Gasteiger partial charge in [-0.2, -0.15) is 0 Å². The van der Waals surface area contributed by atoms with Gasteiger partial charge < -0.3 is 9.84 Å². The monoisotopic (exact) mass is 441 g/mol. The van der Waals surface area contributed by atoms with Crippen LogP contribution in [0.5, 0.6) is 0 Å². The van der Waals surface area contributed by atoms with Crippen molar-refractivity contribution >= 4 is 41.0 Å². The Morgan fingerprint density at radius 1 is 0.900 bits per heavy atom. The topological polar surface area (TPSA) is 66.8 Å². The number of carboxylic acids is 1. The molecule has 1 amide bonds. The van der Waals surface area contributed by atoms with Crippen LogP contribution in [0.25, 0.3) is 11.1 Å². The van der Waals surface area contributed by atoms with Crippen molar-refractivity contribution < 1.29 is 19.4 Å². The molecule has 1 aliphatic rings. The number of halogens is 2. The van der Waals surface area contributed by atoms with Gasteiger partial charge in [-0.05, 0) is 40.5 Å². The first-order chi connectivity index (χ1) is 14.4. The Bertz CT molecular complexity index is 1070. The molecule has 152 valence electrons. The number of fused-ring (bicyclic) bond motifs is 3. The van der Waals surface area contributed by atoms with Crippen LogP contribution in [0.15, 0.2) is 66.7 Å². The van der Waals surface area contributed by atoms with Gasteiger partial charge in [-0.15, -0.1) is 0 Å². The first-order valence-corrected chi connectivity index (χ1v) is 10.00. The lowest BCUT2D eigenvalue weighted by Crippen LogP contribution is -2.36. The highest BCUT2D eigenvalue weighted by Gasteiger charge is 2.30. The van der Waals surface area contributed by atoms with Crippen LogP contribution in [0.4, 0.5) is 10.5 Å². The maximum atomic E-state index is 12.8.